The Kier molecular flexibility index (Phi) is 5.98. The molecule has 0 aliphatic carbocycles. The van der Waals surface area contributed by atoms with E-state index in [1.165, 1.54) is 0 Å². The molecule has 2 heterocycles. The van der Waals surface area contributed by atoms with Crippen LogP contribution in [-0.4, -0.2) is 85.3 Å². The first-order valence-corrected chi connectivity index (χ1v) is 8.92. The Labute approximate surface area is 153 Å². The van der Waals surface area contributed by atoms with Crippen LogP contribution in [-0.2, 0) is 9.53 Å². The highest BCUT2D eigenvalue weighted by atomic mass is 16.5. The van der Waals surface area contributed by atoms with Crippen molar-refractivity contribution in [3.63, 3.8) is 0 Å². The van der Waals surface area contributed by atoms with E-state index in [0.717, 1.165) is 11.4 Å². The molecule has 0 spiro atoms. The maximum Gasteiger partial charge on any atom is 0.225 e. The van der Waals surface area contributed by atoms with Crippen molar-refractivity contribution in [1.82, 2.24) is 4.90 Å². The molecule has 0 radical (unpaired) electrons. The number of aliphatic hydroxyl groups is 2. The minimum Gasteiger partial charge on any atom is -0.495 e. The minimum absolute atomic E-state index is 0.0450. The summed E-state index contributed by atoms with van der Waals surface area (Å²) in [5, 5.41) is 19.9. The van der Waals surface area contributed by atoms with Crippen LogP contribution < -0.4 is 15.4 Å². The van der Waals surface area contributed by atoms with Gasteiger partial charge in [-0.1, -0.05) is 12.1 Å². The zero-order valence-corrected chi connectivity index (χ0v) is 15.0. The van der Waals surface area contributed by atoms with Crippen molar-refractivity contribution in [2.45, 2.75) is 30.8 Å². The second-order valence-corrected chi connectivity index (χ2v) is 6.67. The molecule has 8 nitrogen and oxygen atoms in total. The predicted molar refractivity (Wildman–Crippen MR) is 96.1 cm³/mol. The minimum atomic E-state index is -1.08. The highest BCUT2D eigenvalue weighted by molar-refractivity contribution is 5.77. The van der Waals surface area contributed by atoms with Crippen LogP contribution in [0.4, 0.5) is 5.69 Å². The first kappa shape index (κ1) is 18.9. The van der Waals surface area contributed by atoms with Crippen LogP contribution in [0.2, 0.25) is 0 Å². The van der Waals surface area contributed by atoms with Crippen molar-refractivity contribution in [1.29, 1.82) is 0 Å². The zero-order valence-electron chi connectivity index (χ0n) is 15.0. The summed E-state index contributed by atoms with van der Waals surface area (Å²) in [6, 6.07) is 7.82. The van der Waals surface area contributed by atoms with Crippen molar-refractivity contribution >= 4 is 11.6 Å². The number of methoxy groups -OCH3 is 1. The number of carbonyl (C=O) groups excluding carboxylic acids is 1. The quantitative estimate of drug-likeness (QED) is 0.626. The Bertz CT molecular complexity index is 621. The van der Waals surface area contributed by atoms with E-state index in [1.807, 2.05) is 24.3 Å². The highest BCUT2D eigenvalue weighted by Gasteiger charge is 2.43. The number of carbonyl (C=O) groups is 1. The number of rotatable bonds is 5. The fourth-order valence-corrected chi connectivity index (χ4v) is 3.58. The van der Waals surface area contributed by atoms with Gasteiger partial charge in [0.15, 0.2) is 0 Å². The van der Waals surface area contributed by atoms with Gasteiger partial charge in [0.25, 0.3) is 0 Å². The molecule has 26 heavy (non-hydrogen) atoms. The molecule has 1 aromatic rings. The van der Waals surface area contributed by atoms with Crippen LogP contribution in [0, 0.1) is 0 Å². The van der Waals surface area contributed by atoms with Crippen LogP contribution in [0.25, 0.3) is 0 Å². The molecule has 2 saturated heterocycles. The zero-order chi connectivity index (χ0) is 18.7. The van der Waals surface area contributed by atoms with Crippen molar-refractivity contribution in [2.75, 3.05) is 44.7 Å². The second-order valence-electron chi connectivity index (χ2n) is 6.67. The van der Waals surface area contributed by atoms with Crippen LogP contribution >= 0.6 is 0 Å². The molecule has 2 aliphatic heterocycles. The van der Waals surface area contributed by atoms with Crippen molar-refractivity contribution in [3.05, 3.63) is 24.3 Å². The van der Waals surface area contributed by atoms with Gasteiger partial charge in [0.1, 0.15) is 18.0 Å². The fraction of sp³-hybridized carbons (Fsp3) is 0.611. The fourth-order valence-electron chi connectivity index (χ4n) is 3.58. The number of aliphatic hydroxyl groups excluding tert-OH is 2. The van der Waals surface area contributed by atoms with Crippen molar-refractivity contribution in [2.24, 2.45) is 5.73 Å². The summed E-state index contributed by atoms with van der Waals surface area (Å²) in [4.78, 5) is 16.5. The number of ether oxygens (including phenoxy) is 2. The maximum atomic E-state index is 12.5. The van der Waals surface area contributed by atoms with Gasteiger partial charge in [-0.25, -0.2) is 0 Å². The summed E-state index contributed by atoms with van der Waals surface area (Å²) in [7, 11) is 1.65. The van der Waals surface area contributed by atoms with E-state index in [2.05, 4.69) is 4.90 Å². The number of nitrogens with zero attached hydrogens (tertiary/aromatic N) is 2. The molecule has 4 unspecified atom stereocenters. The van der Waals surface area contributed by atoms with Crippen LogP contribution in [0.15, 0.2) is 24.3 Å². The molecule has 3 rings (SSSR count). The average molecular weight is 365 g/mol. The molecular formula is C18H27N3O5. The van der Waals surface area contributed by atoms with Gasteiger partial charge in [0.05, 0.1) is 31.4 Å². The van der Waals surface area contributed by atoms with Gasteiger partial charge < -0.3 is 35.2 Å². The summed E-state index contributed by atoms with van der Waals surface area (Å²) in [6.45, 7) is 2.69. The number of amides is 1. The molecule has 4 N–H and O–H groups in total. The Morgan fingerprint density at radius 3 is 2.46 bits per heavy atom. The number of nitrogens with two attached hydrogens (primary N) is 1. The lowest BCUT2D eigenvalue weighted by atomic mass is 10.0. The van der Waals surface area contributed by atoms with Crippen molar-refractivity contribution in [3.8, 4) is 5.75 Å². The second kappa shape index (κ2) is 8.22. The number of hydrogen-bond acceptors (Lipinski definition) is 7. The molecule has 0 bridgehead atoms. The largest absolute Gasteiger partial charge is 0.495 e. The van der Waals surface area contributed by atoms with E-state index in [4.69, 9.17) is 15.2 Å². The average Bonchev–Trinajstić information content (AvgIpc) is 2.95. The number of piperazine rings is 1. The Hall–Kier alpha value is -1.87. The van der Waals surface area contributed by atoms with Crippen LogP contribution in [0.3, 0.4) is 0 Å². The van der Waals surface area contributed by atoms with Gasteiger partial charge in [-0.15, -0.1) is 0 Å². The van der Waals surface area contributed by atoms with Gasteiger partial charge in [-0.3, -0.25) is 4.79 Å². The van der Waals surface area contributed by atoms with Gasteiger partial charge in [-0.05, 0) is 12.1 Å². The topological polar surface area (TPSA) is 108 Å². The molecule has 1 aromatic carbocycles. The molecule has 2 fully saturated rings. The summed E-state index contributed by atoms with van der Waals surface area (Å²) in [6.07, 6.45) is -3.41. The van der Waals surface area contributed by atoms with E-state index in [0.29, 0.717) is 26.2 Å². The van der Waals surface area contributed by atoms with Gasteiger partial charge in [-0.2, -0.15) is 0 Å². The first-order chi connectivity index (χ1) is 12.5. The number of benzene rings is 1. The van der Waals surface area contributed by atoms with E-state index in [1.54, 1.807) is 12.0 Å². The Balaban J connectivity index is 1.54. The van der Waals surface area contributed by atoms with E-state index in [-0.39, 0.29) is 18.9 Å². The molecule has 0 saturated carbocycles. The summed E-state index contributed by atoms with van der Waals surface area (Å²) in [5.41, 5.74) is 6.53. The van der Waals surface area contributed by atoms with Crippen molar-refractivity contribution < 1.29 is 24.5 Å². The summed E-state index contributed by atoms with van der Waals surface area (Å²) in [5.74, 6) is 0.732. The molecular weight excluding hydrogens is 338 g/mol. The van der Waals surface area contributed by atoms with Crippen LogP contribution in [0.1, 0.15) is 6.42 Å². The van der Waals surface area contributed by atoms with E-state index >= 15 is 0 Å². The molecule has 0 aromatic heterocycles. The maximum absolute atomic E-state index is 12.5. The molecule has 144 valence electrons. The summed E-state index contributed by atoms with van der Waals surface area (Å²) >= 11 is 0. The lowest BCUT2D eigenvalue weighted by Crippen LogP contribution is -2.50. The highest BCUT2D eigenvalue weighted by Crippen LogP contribution is 2.29. The molecule has 1 amide bonds. The number of para-hydroxylation sites is 2. The van der Waals surface area contributed by atoms with Crippen LogP contribution in [0.5, 0.6) is 5.75 Å². The van der Waals surface area contributed by atoms with Gasteiger partial charge in [0.2, 0.25) is 5.91 Å². The molecule has 8 heteroatoms. The third-order valence-corrected chi connectivity index (χ3v) is 5.13. The van der Waals surface area contributed by atoms with E-state index < -0.39 is 24.4 Å². The number of hydrogen-bond donors (Lipinski definition) is 3. The Morgan fingerprint density at radius 2 is 1.85 bits per heavy atom. The normalized spacial score (nSPS) is 29.1. The molecule has 2 aliphatic rings. The standard InChI is InChI=1S/C18H27N3O5/c1-25-13-5-3-2-4-12(13)20-6-8-21(9-7-20)16(22)10-14-17(23)18(24)15(11-19)26-14/h2-5,14-15,17-18,23-24H,6-11,19H2,1H3. The number of anilines is 1. The molecule has 4 atom stereocenters. The third kappa shape index (κ3) is 3.78. The Morgan fingerprint density at radius 1 is 1.19 bits per heavy atom. The van der Waals surface area contributed by atoms with Gasteiger partial charge in [0, 0.05) is 32.7 Å². The lowest BCUT2D eigenvalue weighted by Gasteiger charge is -2.37. The SMILES string of the molecule is COc1ccccc1N1CCN(C(=O)CC2OC(CN)C(O)C2O)CC1. The first-order valence-electron chi connectivity index (χ1n) is 8.92. The van der Waals surface area contributed by atoms with Gasteiger partial charge >= 0.3 is 0 Å². The third-order valence-electron chi connectivity index (χ3n) is 5.13. The lowest BCUT2D eigenvalue weighted by molar-refractivity contribution is -0.135. The smallest absolute Gasteiger partial charge is 0.225 e. The monoisotopic (exact) mass is 365 g/mol. The predicted octanol–water partition coefficient (Wildman–Crippen LogP) is -0.818. The van der Waals surface area contributed by atoms with E-state index in [9.17, 15) is 15.0 Å². The summed E-state index contributed by atoms with van der Waals surface area (Å²) < 4.78 is 10.9.